The Morgan fingerprint density at radius 2 is 2.12 bits per heavy atom. The first kappa shape index (κ1) is 14.0. The maximum Gasteiger partial charge on any atom is 0.312 e. The smallest absolute Gasteiger partial charge is 0.312 e. The van der Waals surface area contributed by atoms with E-state index in [1.807, 2.05) is 0 Å². The third kappa shape index (κ3) is 4.00. The average Bonchev–Trinajstić information content (AvgIpc) is 2.33. The van der Waals surface area contributed by atoms with Crippen LogP contribution in [0, 0.1) is 0 Å². The Hall–Kier alpha value is -1.10. The van der Waals surface area contributed by atoms with E-state index < -0.39 is 5.91 Å². The predicted molar refractivity (Wildman–Crippen MR) is 66.3 cm³/mol. The third-order valence-electron chi connectivity index (χ3n) is 3.14. The number of nitrogens with zero attached hydrogens (tertiary/aromatic N) is 1. The summed E-state index contributed by atoms with van der Waals surface area (Å²) in [5, 5.41) is 2.65. The molecule has 1 atom stereocenters. The minimum absolute atomic E-state index is 0.151. The molecular weight excluding hydrogens is 218 g/mol. The molecule has 1 aliphatic heterocycles. The van der Waals surface area contributed by atoms with Crippen LogP contribution >= 0.6 is 0 Å². The quantitative estimate of drug-likeness (QED) is 0.495. The summed E-state index contributed by atoms with van der Waals surface area (Å²) in [5.74, 6) is -0.835. The first-order chi connectivity index (χ1) is 8.20. The summed E-state index contributed by atoms with van der Waals surface area (Å²) in [7, 11) is 0. The van der Waals surface area contributed by atoms with Gasteiger partial charge in [-0.3, -0.25) is 9.59 Å². The van der Waals surface area contributed by atoms with Crippen molar-refractivity contribution in [2.24, 2.45) is 5.73 Å². The number of rotatable bonds is 7. The van der Waals surface area contributed by atoms with E-state index in [0.717, 1.165) is 32.1 Å². The van der Waals surface area contributed by atoms with Crippen molar-refractivity contribution in [3.63, 3.8) is 0 Å². The molecule has 0 aliphatic carbocycles. The van der Waals surface area contributed by atoms with Crippen LogP contribution in [0.1, 0.15) is 39.0 Å². The fourth-order valence-electron chi connectivity index (χ4n) is 2.09. The number of unbranched alkanes of at least 4 members (excludes halogenated alkanes) is 2. The van der Waals surface area contributed by atoms with Crippen LogP contribution in [-0.4, -0.2) is 42.4 Å². The van der Waals surface area contributed by atoms with Crippen LogP contribution in [0.4, 0.5) is 0 Å². The lowest BCUT2D eigenvalue weighted by atomic mass is 10.0. The van der Waals surface area contributed by atoms with E-state index >= 15 is 0 Å². The first-order valence-corrected chi connectivity index (χ1v) is 6.49. The topological polar surface area (TPSA) is 75.4 Å². The molecular formula is C12H23N3O2. The Kier molecular flexibility index (Phi) is 5.97. The molecule has 0 aromatic carbocycles. The van der Waals surface area contributed by atoms with Gasteiger partial charge in [0, 0.05) is 19.1 Å². The Morgan fingerprint density at radius 1 is 1.35 bits per heavy atom. The molecule has 0 aromatic rings. The highest BCUT2D eigenvalue weighted by Gasteiger charge is 2.32. The van der Waals surface area contributed by atoms with Crippen molar-refractivity contribution >= 4 is 11.8 Å². The van der Waals surface area contributed by atoms with E-state index in [-0.39, 0.29) is 11.9 Å². The highest BCUT2D eigenvalue weighted by Crippen LogP contribution is 2.13. The van der Waals surface area contributed by atoms with Gasteiger partial charge in [-0.15, -0.1) is 0 Å². The van der Waals surface area contributed by atoms with Crippen molar-refractivity contribution < 1.29 is 9.59 Å². The molecule has 0 bridgehead atoms. The Morgan fingerprint density at radius 3 is 2.76 bits per heavy atom. The standard InChI is InChI=1S/C12H23N3O2/c1-2-3-8-15-10(6-4-5-7-13)9-14-11(16)12(15)17/h10H,2-9,13H2,1H3,(H,14,16)/t10-/m0/s1. The van der Waals surface area contributed by atoms with Crippen LogP contribution in [0.3, 0.4) is 0 Å². The van der Waals surface area contributed by atoms with E-state index in [4.69, 9.17) is 5.73 Å². The third-order valence-corrected chi connectivity index (χ3v) is 3.14. The average molecular weight is 241 g/mol. The van der Waals surface area contributed by atoms with Crippen molar-refractivity contribution in [3.05, 3.63) is 0 Å². The molecule has 5 nitrogen and oxygen atoms in total. The second-order valence-electron chi connectivity index (χ2n) is 4.50. The highest BCUT2D eigenvalue weighted by molar-refractivity contribution is 6.35. The van der Waals surface area contributed by atoms with Crippen LogP contribution in [0.2, 0.25) is 0 Å². The molecule has 0 spiro atoms. The van der Waals surface area contributed by atoms with Crippen molar-refractivity contribution in [2.75, 3.05) is 19.6 Å². The number of carbonyl (C=O) groups excluding carboxylic acids is 2. The summed E-state index contributed by atoms with van der Waals surface area (Å²) >= 11 is 0. The molecule has 0 saturated carbocycles. The van der Waals surface area contributed by atoms with Gasteiger partial charge in [-0.2, -0.15) is 0 Å². The van der Waals surface area contributed by atoms with Crippen LogP contribution in [0.25, 0.3) is 0 Å². The molecule has 1 rings (SSSR count). The summed E-state index contributed by atoms with van der Waals surface area (Å²) in [5.41, 5.74) is 5.46. The number of carbonyl (C=O) groups is 2. The van der Waals surface area contributed by atoms with Gasteiger partial charge in [-0.05, 0) is 25.8 Å². The zero-order valence-electron chi connectivity index (χ0n) is 10.6. The summed E-state index contributed by atoms with van der Waals surface area (Å²) < 4.78 is 0. The number of amides is 2. The molecule has 2 amide bonds. The van der Waals surface area contributed by atoms with E-state index in [0.29, 0.717) is 19.6 Å². The molecule has 1 aliphatic rings. The fraction of sp³-hybridized carbons (Fsp3) is 0.833. The number of nitrogens with two attached hydrogens (primary N) is 1. The second kappa shape index (κ2) is 7.27. The zero-order chi connectivity index (χ0) is 12.7. The summed E-state index contributed by atoms with van der Waals surface area (Å²) in [6.45, 7) is 4.04. The minimum Gasteiger partial charge on any atom is -0.346 e. The molecule has 98 valence electrons. The zero-order valence-corrected chi connectivity index (χ0v) is 10.6. The lowest BCUT2D eigenvalue weighted by Gasteiger charge is -2.35. The van der Waals surface area contributed by atoms with Gasteiger partial charge >= 0.3 is 11.8 Å². The van der Waals surface area contributed by atoms with Gasteiger partial charge in [0.2, 0.25) is 0 Å². The van der Waals surface area contributed by atoms with Crippen LogP contribution in [0.15, 0.2) is 0 Å². The Labute approximate surface area is 103 Å². The van der Waals surface area contributed by atoms with Gasteiger partial charge in [0.05, 0.1) is 0 Å². The van der Waals surface area contributed by atoms with E-state index in [2.05, 4.69) is 12.2 Å². The largest absolute Gasteiger partial charge is 0.346 e. The maximum absolute atomic E-state index is 11.8. The minimum atomic E-state index is -0.462. The van der Waals surface area contributed by atoms with E-state index in [9.17, 15) is 9.59 Å². The highest BCUT2D eigenvalue weighted by atomic mass is 16.2. The van der Waals surface area contributed by atoms with Crippen molar-refractivity contribution in [3.8, 4) is 0 Å². The van der Waals surface area contributed by atoms with Gasteiger partial charge in [0.1, 0.15) is 0 Å². The van der Waals surface area contributed by atoms with Gasteiger partial charge in [-0.25, -0.2) is 0 Å². The van der Waals surface area contributed by atoms with E-state index in [1.165, 1.54) is 0 Å². The first-order valence-electron chi connectivity index (χ1n) is 6.49. The molecule has 1 fully saturated rings. The van der Waals surface area contributed by atoms with Crippen LogP contribution in [0.5, 0.6) is 0 Å². The molecule has 1 heterocycles. The number of hydrogen-bond acceptors (Lipinski definition) is 3. The van der Waals surface area contributed by atoms with Crippen molar-refractivity contribution in [1.82, 2.24) is 10.2 Å². The fourth-order valence-corrected chi connectivity index (χ4v) is 2.09. The summed E-state index contributed by atoms with van der Waals surface area (Å²) in [6.07, 6.45) is 4.88. The normalized spacial score (nSPS) is 20.6. The molecule has 0 radical (unpaired) electrons. The van der Waals surface area contributed by atoms with Gasteiger partial charge in [0.25, 0.3) is 0 Å². The van der Waals surface area contributed by atoms with Gasteiger partial charge < -0.3 is 16.0 Å². The maximum atomic E-state index is 11.8. The lowest BCUT2D eigenvalue weighted by Crippen LogP contribution is -2.58. The molecule has 0 unspecified atom stereocenters. The summed E-state index contributed by atoms with van der Waals surface area (Å²) in [4.78, 5) is 24.8. The van der Waals surface area contributed by atoms with Crippen molar-refractivity contribution in [1.29, 1.82) is 0 Å². The molecule has 1 saturated heterocycles. The van der Waals surface area contributed by atoms with Crippen LogP contribution < -0.4 is 11.1 Å². The number of piperazine rings is 1. The number of nitrogens with one attached hydrogen (secondary N) is 1. The Bertz CT molecular complexity index is 268. The SMILES string of the molecule is CCCCN1C(=O)C(=O)NC[C@@H]1CCCCN. The Balaban J connectivity index is 2.52. The van der Waals surface area contributed by atoms with Gasteiger partial charge in [0.15, 0.2) is 0 Å². The van der Waals surface area contributed by atoms with Crippen molar-refractivity contribution in [2.45, 2.75) is 45.1 Å². The molecule has 0 aromatic heterocycles. The molecule has 3 N–H and O–H groups in total. The van der Waals surface area contributed by atoms with Crippen LogP contribution in [-0.2, 0) is 9.59 Å². The molecule has 5 heteroatoms. The molecule has 17 heavy (non-hydrogen) atoms. The van der Waals surface area contributed by atoms with E-state index in [1.54, 1.807) is 4.90 Å². The lowest BCUT2D eigenvalue weighted by molar-refractivity contribution is -0.150. The predicted octanol–water partition coefficient (Wildman–Crippen LogP) is 0.243. The summed E-state index contributed by atoms with van der Waals surface area (Å²) in [6, 6.07) is 0.151. The second-order valence-corrected chi connectivity index (χ2v) is 4.50. The number of hydrogen-bond donors (Lipinski definition) is 2. The van der Waals surface area contributed by atoms with Gasteiger partial charge in [-0.1, -0.05) is 19.8 Å². The monoisotopic (exact) mass is 241 g/mol.